The highest BCUT2D eigenvalue weighted by Gasteiger charge is 2.06. The van der Waals surface area contributed by atoms with E-state index < -0.39 is 0 Å². The topological polar surface area (TPSA) is 15.3 Å². The molecule has 1 aromatic carbocycles. The zero-order valence-corrected chi connectivity index (χ0v) is 10.0. The Hall–Kier alpha value is -0.860. The van der Waals surface area contributed by atoms with Crippen LogP contribution in [0.1, 0.15) is 12.0 Å². The fourth-order valence-corrected chi connectivity index (χ4v) is 1.75. The van der Waals surface area contributed by atoms with Crippen molar-refractivity contribution in [1.82, 2.24) is 10.2 Å². The molecular weight excluding hydrogens is 184 g/mol. The molecule has 0 heterocycles. The predicted molar refractivity (Wildman–Crippen MR) is 66.2 cm³/mol. The van der Waals surface area contributed by atoms with Crippen molar-refractivity contribution in [2.45, 2.75) is 18.9 Å². The second-order valence-corrected chi connectivity index (χ2v) is 4.27. The van der Waals surface area contributed by atoms with Crippen molar-refractivity contribution >= 4 is 0 Å². The van der Waals surface area contributed by atoms with Crippen molar-refractivity contribution in [3.05, 3.63) is 35.9 Å². The Kier molecular flexibility index (Phi) is 5.37. The molecule has 0 aliphatic carbocycles. The fraction of sp³-hybridized carbons (Fsp3) is 0.538. The van der Waals surface area contributed by atoms with Gasteiger partial charge in [-0.2, -0.15) is 0 Å². The first-order valence-corrected chi connectivity index (χ1v) is 5.58. The molecule has 0 saturated heterocycles. The highest BCUT2D eigenvalue weighted by molar-refractivity contribution is 5.14. The molecule has 84 valence electrons. The third-order valence-electron chi connectivity index (χ3n) is 2.62. The molecule has 0 aliphatic heterocycles. The minimum Gasteiger partial charge on any atom is -0.316 e. The summed E-state index contributed by atoms with van der Waals surface area (Å²) in [7, 11) is 6.28. The Balaban J connectivity index is 2.34. The van der Waals surface area contributed by atoms with Gasteiger partial charge in [0.1, 0.15) is 0 Å². The standard InChI is InChI=1S/C13H22N2/c1-14-13(11-15(2)3)10-9-12-7-5-4-6-8-12/h4-8,13-14H,9-11H2,1-3H3/t13-/m1/s1. The van der Waals surface area contributed by atoms with Gasteiger partial charge in [0.05, 0.1) is 0 Å². The molecule has 0 aliphatic rings. The van der Waals surface area contributed by atoms with Crippen LogP contribution in [0.2, 0.25) is 0 Å². The van der Waals surface area contributed by atoms with E-state index in [0.717, 1.165) is 13.0 Å². The minimum absolute atomic E-state index is 0.584. The molecule has 2 nitrogen and oxygen atoms in total. The van der Waals surface area contributed by atoms with E-state index >= 15 is 0 Å². The van der Waals surface area contributed by atoms with Gasteiger partial charge in [-0.1, -0.05) is 30.3 Å². The molecule has 0 unspecified atom stereocenters. The summed E-state index contributed by atoms with van der Waals surface area (Å²) in [6, 6.07) is 11.3. The Morgan fingerprint density at radius 3 is 2.40 bits per heavy atom. The second-order valence-electron chi connectivity index (χ2n) is 4.27. The van der Waals surface area contributed by atoms with Gasteiger partial charge in [-0.3, -0.25) is 0 Å². The largest absolute Gasteiger partial charge is 0.316 e. The van der Waals surface area contributed by atoms with Gasteiger partial charge in [0, 0.05) is 12.6 Å². The summed E-state index contributed by atoms with van der Waals surface area (Å²) in [5, 5.41) is 3.36. The quantitative estimate of drug-likeness (QED) is 0.763. The maximum Gasteiger partial charge on any atom is 0.0194 e. The summed E-state index contributed by atoms with van der Waals surface area (Å²) in [6.07, 6.45) is 2.35. The molecule has 15 heavy (non-hydrogen) atoms. The summed E-state index contributed by atoms with van der Waals surface area (Å²) in [6.45, 7) is 1.10. The molecule has 1 aromatic rings. The number of benzene rings is 1. The molecule has 1 atom stereocenters. The van der Waals surface area contributed by atoms with E-state index in [9.17, 15) is 0 Å². The summed E-state index contributed by atoms with van der Waals surface area (Å²) < 4.78 is 0. The van der Waals surface area contributed by atoms with Crippen LogP contribution in [0, 0.1) is 0 Å². The van der Waals surface area contributed by atoms with Crippen LogP contribution in [-0.4, -0.2) is 38.6 Å². The molecule has 0 bridgehead atoms. The van der Waals surface area contributed by atoms with Crippen LogP contribution in [0.25, 0.3) is 0 Å². The summed E-state index contributed by atoms with van der Waals surface area (Å²) >= 11 is 0. The average Bonchev–Trinajstić information content (AvgIpc) is 2.25. The van der Waals surface area contributed by atoms with E-state index in [0.29, 0.717) is 6.04 Å². The van der Waals surface area contributed by atoms with Crippen LogP contribution in [0.4, 0.5) is 0 Å². The Labute approximate surface area is 93.3 Å². The van der Waals surface area contributed by atoms with Crippen molar-refractivity contribution in [3.63, 3.8) is 0 Å². The molecule has 0 aromatic heterocycles. The number of aryl methyl sites for hydroxylation is 1. The van der Waals surface area contributed by atoms with Crippen LogP contribution < -0.4 is 5.32 Å². The van der Waals surface area contributed by atoms with Crippen molar-refractivity contribution in [3.8, 4) is 0 Å². The molecule has 1 N–H and O–H groups in total. The first-order chi connectivity index (χ1) is 7.22. The van der Waals surface area contributed by atoms with Crippen molar-refractivity contribution in [1.29, 1.82) is 0 Å². The SMILES string of the molecule is CN[C@H](CCc1ccccc1)CN(C)C. The zero-order chi connectivity index (χ0) is 11.1. The van der Waals surface area contributed by atoms with Crippen molar-refractivity contribution < 1.29 is 0 Å². The maximum atomic E-state index is 3.36. The van der Waals surface area contributed by atoms with Gasteiger partial charge in [0.2, 0.25) is 0 Å². The van der Waals surface area contributed by atoms with E-state index in [4.69, 9.17) is 0 Å². The van der Waals surface area contributed by atoms with Crippen LogP contribution >= 0.6 is 0 Å². The predicted octanol–water partition coefficient (Wildman–Crippen LogP) is 1.77. The van der Waals surface area contributed by atoms with Crippen molar-refractivity contribution in [2.75, 3.05) is 27.7 Å². The lowest BCUT2D eigenvalue weighted by atomic mass is 10.1. The maximum absolute atomic E-state index is 3.36. The van der Waals surface area contributed by atoms with Crippen LogP contribution in [0.3, 0.4) is 0 Å². The van der Waals surface area contributed by atoms with Gasteiger partial charge >= 0.3 is 0 Å². The third-order valence-corrected chi connectivity index (χ3v) is 2.62. The van der Waals surface area contributed by atoms with E-state index in [2.05, 4.69) is 54.6 Å². The van der Waals surface area contributed by atoms with Crippen LogP contribution in [0.15, 0.2) is 30.3 Å². The number of hydrogen-bond donors (Lipinski definition) is 1. The number of hydrogen-bond acceptors (Lipinski definition) is 2. The van der Waals surface area contributed by atoms with Gasteiger partial charge in [-0.05, 0) is 39.5 Å². The zero-order valence-electron chi connectivity index (χ0n) is 10.0. The molecule has 0 radical (unpaired) electrons. The molecule has 0 fully saturated rings. The fourth-order valence-electron chi connectivity index (χ4n) is 1.75. The van der Waals surface area contributed by atoms with Crippen molar-refractivity contribution in [2.24, 2.45) is 0 Å². The normalized spacial score (nSPS) is 13.1. The number of likely N-dealkylation sites (N-methyl/N-ethyl adjacent to an activating group) is 2. The van der Waals surface area contributed by atoms with E-state index in [-0.39, 0.29) is 0 Å². The average molecular weight is 206 g/mol. The number of nitrogens with one attached hydrogen (secondary N) is 1. The van der Waals surface area contributed by atoms with Gasteiger partial charge < -0.3 is 10.2 Å². The molecule has 0 amide bonds. The van der Waals surface area contributed by atoms with E-state index in [1.54, 1.807) is 0 Å². The lowest BCUT2D eigenvalue weighted by Gasteiger charge is -2.20. The first kappa shape index (κ1) is 12.2. The molecular formula is C13H22N2. The lowest BCUT2D eigenvalue weighted by Crippen LogP contribution is -2.36. The molecule has 1 rings (SSSR count). The molecule has 0 spiro atoms. The van der Waals surface area contributed by atoms with Gasteiger partial charge in [-0.15, -0.1) is 0 Å². The van der Waals surface area contributed by atoms with Gasteiger partial charge in [0.25, 0.3) is 0 Å². The van der Waals surface area contributed by atoms with Gasteiger partial charge in [0.15, 0.2) is 0 Å². The Bertz CT molecular complexity index is 256. The number of nitrogens with zero attached hydrogens (tertiary/aromatic N) is 1. The number of rotatable bonds is 6. The van der Waals surface area contributed by atoms with E-state index in [1.807, 2.05) is 7.05 Å². The molecule has 0 saturated carbocycles. The summed E-state index contributed by atoms with van der Waals surface area (Å²) in [4.78, 5) is 2.23. The Morgan fingerprint density at radius 2 is 1.87 bits per heavy atom. The van der Waals surface area contributed by atoms with Crippen LogP contribution in [-0.2, 0) is 6.42 Å². The Morgan fingerprint density at radius 1 is 1.20 bits per heavy atom. The van der Waals surface area contributed by atoms with Gasteiger partial charge in [-0.25, -0.2) is 0 Å². The minimum atomic E-state index is 0.584. The second kappa shape index (κ2) is 6.59. The summed E-state index contributed by atoms with van der Waals surface area (Å²) in [5.41, 5.74) is 1.43. The van der Waals surface area contributed by atoms with Crippen LogP contribution in [0.5, 0.6) is 0 Å². The lowest BCUT2D eigenvalue weighted by molar-refractivity contribution is 0.337. The first-order valence-electron chi connectivity index (χ1n) is 5.58. The highest BCUT2D eigenvalue weighted by Crippen LogP contribution is 2.05. The monoisotopic (exact) mass is 206 g/mol. The smallest absolute Gasteiger partial charge is 0.0194 e. The highest BCUT2D eigenvalue weighted by atomic mass is 15.1. The molecule has 2 heteroatoms. The van der Waals surface area contributed by atoms with E-state index in [1.165, 1.54) is 12.0 Å². The summed E-state index contributed by atoms with van der Waals surface area (Å²) in [5.74, 6) is 0. The third kappa shape index (κ3) is 4.96.